The molecule has 0 aromatic heterocycles. The van der Waals surface area contributed by atoms with E-state index in [4.69, 9.17) is 5.73 Å². The van der Waals surface area contributed by atoms with E-state index in [1.165, 1.54) is 0 Å². The maximum Gasteiger partial charge on any atom is 0.328 e. The van der Waals surface area contributed by atoms with E-state index in [1.807, 2.05) is 18.2 Å². The highest BCUT2D eigenvalue weighted by Crippen LogP contribution is 2.27. The highest BCUT2D eigenvalue weighted by atomic mass is 16.4. The normalized spacial score (nSPS) is 15.1. The minimum absolute atomic E-state index is 0.369. The lowest BCUT2D eigenvalue weighted by atomic mass is 9.84. The number of aliphatic carboxylic acids is 1. The smallest absolute Gasteiger partial charge is 0.328 e. The number of nitrogens with two attached hydrogens (primary N) is 1. The Labute approximate surface area is 124 Å². The highest BCUT2D eigenvalue weighted by Gasteiger charge is 2.38. The van der Waals surface area contributed by atoms with E-state index in [1.54, 1.807) is 26.2 Å². The van der Waals surface area contributed by atoms with Crippen molar-refractivity contribution >= 4 is 11.9 Å². The summed E-state index contributed by atoms with van der Waals surface area (Å²) in [6, 6.07) is 8.59. The number of amides is 1. The van der Waals surface area contributed by atoms with Gasteiger partial charge in [0.25, 0.3) is 0 Å². The number of hydrogen-bond acceptors (Lipinski definition) is 4. The standard InChI is InChI=1S/C15H23N3O3/c1-17-12(13(16)19)9-6-10-15(18-2,14(20)21)11-7-4-3-5-8-11/h3-5,7-8,12,17-18H,6,9-10H2,1-2H3,(H2,16,19)(H,20,21). The van der Waals surface area contributed by atoms with Gasteiger partial charge in [-0.1, -0.05) is 30.3 Å². The van der Waals surface area contributed by atoms with Crippen molar-refractivity contribution in [1.29, 1.82) is 0 Å². The molecule has 2 unspecified atom stereocenters. The van der Waals surface area contributed by atoms with E-state index < -0.39 is 23.5 Å². The van der Waals surface area contributed by atoms with Crippen LogP contribution < -0.4 is 16.4 Å². The van der Waals surface area contributed by atoms with Crippen molar-refractivity contribution in [1.82, 2.24) is 10.6 Å². The zero-order valence-corrected chi connectivity index (χ0v) is 12.4. The van der Waals surface area contributed by atoms with Gasteiger partial charge >= 0.3 is 5.97 Å². The Bertz CT molecular complexity index is 478. The SMILES string of the molecule is CNC(CCCC(NC)(C(=O)O)c1ccccc1)C(N)=O. The molecule has 6 nitrogen and oxygen atoms in total. The number of benzene rings is 1. The largest absolute Gasteiger partial charge is 0.480 e. The zero-order valence-electron chi connectivity index (χ0n) is 12.4. The first kappa shape index (κ1) is 17.1. The number of carboxylic acid groups (broad SMARTS) is 1. The summed E-state index contributed by atoms with van der Waals surface area (Å²) in [5.41, 5.74) is 4.81. The lowest BCUT2D eigenvalue weighted by molar-refractivity contribution is -0.145. The van der Waals surface area contributed by atoms with Crippen LogP contribution in [0, 0.1) is 0 Å². The molecular weight excluding hydrogens is 270 g/mol. The van der Waals surface area contributed by atoms with Crippen molar-refractivity contribution in [3.8, 4) is 0 Å². The van der Waals surface area contributed by atoms with Crippen molar-refractivity contribution in [2.24, 2.45) is 5.73 Å². The Kier molecular flexibility index (Phi) is 6.33. The molecule has 0 heterocycles. The maximum absolute atomic E-state index is 11.8. The lowest BCUT2D eigenvalue weighted by Crippen LogP contribution is -2.48. The molecule has 0 aliphatic carbocycles. The molecule has 21 heavy (non-hydrogen) atoms. The van der Waals surface area contributed by atoms with Gasteiger partial charge in [-0.2, -0.15) is 0 Å². The average molecular weight is 293 g/mol. The summed E-state index contributed by atoms with van der Waals surface area (Å²) >= 11 is 0. The maximum atomic E-state index is 11.8. The monoisotopic (exact) mass is 293 g/mol. The molecule has 1 aromatic rings. The van der Waals surface area contributed by atoms with Crippen LogP contribution in [0.15, 0.2) is 30.3 Å². The first-order valence-corrected chi connectivity index (χ1v) is 6.92. The number of carbonyl (C=O) groups is 2. The minimum Gasteiger partial charge on any atom is -0.480 e. The van der Waals surface area contributed by atoms with E-state index >= 15 is 0 Å². The summed E-state index contributed by atoms with van der Waals surface area (Å²) in [6.07, 6.45) is 1.42. The number of likely N-dealkylation sites (N-methyl/N-ethyl adjacent to an activating group) is 2. The van der Waals surface area contributed by atoms with Crippen molar-refractivity contribution in [2.75, 3.05) is 14.1 Å². The van der Waals surface area contributed by atoms with Gasteiger partial charge in [0, 0.05) is 0 Å². The van der Waals surface area contributed by atoms with Crippen LogP contribution in [0.4, 0.5) is 0 Å². The number of carbonyl (C=O) groups excluding carboxylic acids is 1. The summed E-state index contributed by atoms with van der Waals surface area (Å²) in [5, 5.41) is 15.4. The third kappa shape index (κ3) is 4.03. The second-order valence-electron chi connectivity index (χ2n) is 4.96. The molecule has 0 bridgehead atoms. The van der Waals surface area contributed by atoms with Crippen molar-refractivity contribution < 1.29 is 14.7 Å². The molecule has 5 N–H and O–H groups in total. The molecule has 1 aromatic carbocycles. The minimum atomic E-state index is -1.16. The van der Waals surface area contributed by atoms with Crippen molar-refractivity contribution in [3.63, 3.8) is 0 Å². The van der Waals surface area contributed by atoms with Gasteiger partial charge in [-0.25, -0.2) is 4.79 Å². The molecule has 6 heteroatoms. The molecule has 0 spiro atoms. The molecule has 0 saturated carbocycles. The van der Waals surface area contributed by atoms with Gasteiger partial charge in [-0.15, -0.1) is 0 Å². The fraction of sp³-hybridized carbons (Fsp3) is 0.467. The van der Waals surface area contributed by atoms with E-state index in [-0.39, 0.29) is 0 Å². The summed E-state index contributed by atoms with van der Waals surface area (Å²) in [6.45, 7) is 0. The number of primary amides is 1. The van der Waals surface area contributed by atoms with Gasteiger partial charge in [0.2, 0.25) is 5.91 Å². The van der Waals surface area contributed by atoms with Crippen LogP contribution >= 0.6 is 0 Å². The molecular formula is C15H23N3O3. The van der Waals surface area contributed by atoms with Crippen molar-refractivity contribution in [2.45, 2.75) is 30.8 Å². The highest BCUT2D eigenvalue weighted by molar-refractivity contribution is 5.81. The summed E-state index contributed by atoms with van der Waals surface area (Å²) < 4.78 is 0. The topological polar surface area (TPSA) is 104 Å². The number of nitrogens with one attached hydrogen (secondary N) is 2. The average Bonchev–Trinajstić information content (AvgIpc) is 2.48. The molecule has 0 radical (unpaired) electrons. The van der Waals surface area contributed by atoms with E-state index in [9.17, 15) is 14.7 Å². The number of carboxylic acids is 1. The molecule has 0 aliphatic rings. The summed E-state index contributed by atoms with van der Waals surface area (Å²) in [4.78, 5) is 22.9. The Morgan fingerprint density at radius 2 is 1.90 bits per heavy atom. The quantitative estimate of drug-likeness (QED) is 0.528. The van der Waals surface area contributed by atoms with E-state index in [0.717, 1.165) is 0 Å². The second kappa shape index (κ2) is 7.75. The molecule has 0 aliphatic heterocycles. The predicted molar refractivity (Wildman–Crippen MR) is 80.7 cm³/mol. The summed E-state index contributed by atoms with van der Waals surface area (Å²) in [5.74, 6) is -1.36. The Morgan fingerprint density at radius 3 is 2.33 bits per heavy atom. The van der Waals surface area contributed by atoms with Gasteiger partial charge in [-0.05, 0) is 38.9 Å². The molecule has 2 atom stereocenters. The fourth-order valence-electron chi connectivity index (χ4n) is 2.47. The van der Waals surface area contributed by atoms with Crippen LogP contribution in [-0.2, 0) is 15.1 Å². The molecule has 0 saturated heterocycles. The zero-order chi connectivity index (χ0) is 15.9. The van der Waals surface area contributed by atoms with Gasteiger partial charge in [0.1, 0.15) is 5.54 Å². The molecule has 1 amide bonds. The van der Waals surface area contributed by atoms with E-state index in [2.05, 4.69) is 10.6 Å². The molecule has 116 valence electrons. The Morgan fingerprint density at radius 1 is 1.29 bits per heavy atom. The molecule has 1 rings (SSSR count). The van der Waals surface area contributed by atoms with Gasteiger partial charge < -0.3 is 21.5 Å². The third-order valence-corrected chi connectivity index (χ3v) is 3.79. The fourth-order valence-corrected chi connectivity index (χ4v) is 2.47. The van der Waals surface area contributed by atoms with E-state index in [0.29, 0.717) is 24.8 Å². The number of hydrogen-bond donors (Lipinski definition) is 4. The molecule has 0 fully saturated rings. The van der Waals surface area contributed by atoms with Crippen LogP contribution in [0.25, 0.3) is 0 Å². The van der Waals surface area contributed by atoms with Crippen LogP contribution in [0.2, 0.25) is 0 Å². The van der Waals surface area contributed by atoms with Crippen LogP contribution in [-0.4, -0.2) is 37.1 Å². The van der Waals surface area contributed by atoms with Gasteiger partial charge in [-0.3, -0.25) is 4.79 Å². The predicted octanol–water partition coefficient (Wildman–Crippen LogP) is 0.430. The first-order chi connectivity index (χ1) is 9.97. The van der Waals surface area contributed by atoms with Crippen LogP contribution in [0.5, 0.6) is 0 Å². The Hall–Kier alpha value is -1.92. The third-order valence-electron chi connectivity index (χ3n) is 3.79. The van der Waals surface area contributed by atoms with Gasteiger partial charge in [0.05, 0.1) is 6.04 Å². The second-order valence-corrected chi connectivity index (χ2v) is 4.96. The van der Waals surface area contributed by atoms with Gasteiger partial charge in [0.15, 0.2) is 0 Å². The lowest BCUT2D eigenvalue weighted by Gasteiger charge is -2.30. The van der Waals surface area contributed by atoms with Crippen LogP contribution in [0.3, 0.4) is 0 Å². The first-order valence-electron chi connectivity index (χ1n) is 6.92. The number of rotatable bonds is 9. The Balaban J connectivity index is 2.86. The van der Waals surface area contributed by atoms with Crippen LogP contribution in [0.1, 0.15) is 24.8 Å². The summed E-state index contributed by atoms with van der Waals surface area (Å²) in [7, 11) is 3.29. The van der Waals surface area contributed by atoms with Crippen molar-refractivity contribution in [3.05, 3.63) is 35.9 Å².